The Morgan fingerprint density at radius 3 is 2.25 bits per heavy atom. The zero-order valence-corrected chi connectivity index (χ0v) is 13.5. The van der Waals surface area contributed by atoms with Crippen LogP contribution in [0.5, 0.6) is 0 Å². The van der Waals surface area contributed by atoms with Gasteiger partial charge in [-0.1, -0.05) is 42.5 Å². The molecule has 0 amide bonds. The van der Waals surface area contributed by atoms with Gasteiger partial charge in [-0.2, -0.15) is 0 Å². The van der Waals surface area contributed by atoms with Gasteiger partial charge in [-0.25, -0.2) is 0 Å². The number of benzene rings is 2. The average molecular weight is 437 g/mol. The summed E-state index contributed by atoms with van der Waals surface area (Å²) in [6.07, 6.45) is 0. The summed E-state index contributed by atoms with van der Waals surface area (Å²) in [5.41, 5.74) is 5.43. The van der Waals surface area contributed by atoms with Gasteiger partial charge in [0.1, 0.15) is 0 Å². The van der Waals surface area contributed by atoms with Crippen molar-refractivity contribution in [2.45, 2.75) is 6.92 Å². The standard InChI is InChI=1S/C18H14N.Ir/c1-14-17(15-8-4-2-5-9-15)12-13-18(19-14)16-10-6-3-7-11-16;/h2-10,12-13H,1H3;/q-1;. The Bertz CT molecular complexity index is 678. The fourth-order valence-corrected chi connectivity index (χ4v) is 2.19. The van der Waals surface area contributed by atoms with Crippen LogP contribution in [0, 0.1) is 13.0 Å². The largest absolute Gasteiger partial charge is 0.301 e. The van der Waals surface area contributed by atoms with Crippen molar-refractivity contribution >= 4 is 0 Å². The minimum atomic E-state index is 0. The van der Waals surface area contributed by atoms with Crippen molar-refractivity contribution in [1.29, 1.82) is 0 Å². The van der Waals surface area contributed by atoms with Crippen molar-refractivity contribution in [3.8, 4) is 22.4 Å². The molecule has 0 aliphatic carbocycles. The Kier molecular flexibility index (Phi) is 4.83. The van der Waals surface area contributed by atoms with E-state index in [9.17, 15) is 0 Å². The van der Waals surface area contributed by atoms with Crippen LogP contribution in [0.2, 0.25) is 0 Å². The summed E-state index contributed by atoms with van der Waals surface area (Å²) in [4.78, 5) is 4.69. The van der Waals surface area contributed by atoms with Crippen LogP contribution in [0.1, 0.15) is 5.69 Å². The van der Waals surface area contributed by atoms with E-state index in [-0.39, 0.29) is 20.1 Å². The number of aryl methyl sites for hydroxylation is 1. The van der Waals surface area contributed by atoms with Gasteiger partial charge in [0.2, 0.25) is 0 Å². The average Bonchev–Trinajstić information content (AvgIpc) is 2.49. The van der Waals surface area contributed by atoms with E-state index in [1.165, 1.54) is 11.1 Å². The summed E-state index contributed by atoms with van der Waals surface area (Å²) in [6, 6.07) is 25.7. The first kappa shape index (κ1) is 14.6. The fraction of sp³-hybridized carbons (Fsp3) is 0.0556. The Morgan fingerprint density at radius 2 is 1.60 bits per heavy atom. The second kappa shape index (κ2) is 6.60. The van der Waals surface area contributed by atoms with Crippen molar-refractivity contribution in [2.75, 3.05) is 0 Å². The van der Waals surface area contributed by atoms with Gasteiger partial charge in [-0.3, -0.25) is 0 Å². The molecule has 1 nitrogen and oxygen atoms in total. The van der Waals surface area contributed by atoms with Crippen molar-refractivity contribution in [3.05, 3.63) is 78.5 Å². The van der Waals surface area contributed by atoms with Gasteiger partial charge in [0.05, 0.1) is 0 Å². The third-order valence-electron chi connectivity index (χ3n) is 3.16. The Labute approximate surface area is 133 Å². The zero-order valence-electron chi connectivity index (χ0n) is 11.1. The smallest absolute Gasteiger partial charge is 0.0344 e. The molecule has 0 saturated carbocycles. The fourth-order valence-electron chi connectivity index (χ4n) is 2.19. The SMILES string of the molecule is Cc1nc(-c2[c-]cccc2)ccc1-c1ccccc1.[Ir]. The van der Waals surface area contributed by atoms with Gasteiger partial charge in [0, 0.05) is 31.4 Å². The summed E-state index contributed by atoms with van der Waals surface area (Å²) < 4.78 is 0. The van der Waals surface area contributed by atoms with Crippen molar-refractivity contribution in [3.63, 3.8) is 0 Å². The molecule has 0 aliphatic heterocycles. The molecule has 0 fully saturated rings. The van der Waals surface area contributed by atoms with Gasteiger partial charge in [-0.15, -0.1) is 35.9 Å². The zero-order chi connectivity index (χ0) is 13.1. The number of rotatable bonds is 2. The van der Waals surface area contributed by atoms with Crippen LogP contribution < -0.4 is 0 Å². The quantitative estimate of drug-likeness (QED) is 0.539. The number of pyridine rings is 1. The minimum absolute atomic E-state index is 0. The van der Waals surface area contributed by atoms with Crippen LogP contribution in [0.3, 0.4) is 0 Å². The van der Waals surface area contributed by atoms with Crippen LogP contribution in [-0.2, 0) is 20.1 Å². The van der Waals surface area contributed by atoms with Crippen LogP contribution in [0.25, 0.3) is 22.4 Å². The Hall–Kier alpha value is -1.76. The minimum Gasteiger partial charge on any atom is -0.301 e. The molecule has 101 valence electrons. The van der Waals surface area contributed by atoms with Gasteiger partial charge in [0.15, 0.2) is 0 Å². The van der Waals surface area contributed by atoms with Crippen LogP contribution >= 0.6 is 0 Å². The maximum Gasteiger partial charge on any atom is 0.0344 e. The molecule has 20 heavy (non-hydrogen) atoms. The van der Waals surface area contributed by atoms with E-state index >= 15 is 0 Å². The van der Waals surface area contributed by atoms with Crippen molar-refractivity contribution < 1.29 is 20.1 Å². The molecule has 0 spiro atoms. The molecule has 0 unspecified atom stereocenters. The molecule has 0 atom stereocenters. The second-order valence-electron chi connectivity index (χ2n) is 4.47. The molecule has 2 aromatic carbocycles. The third-order valence-corrected chi connectivity index (χ3v) is 3.16. The first-order valence-corrected chi connectivity index (χ1v) is 6.35. The Balaban J connectivity index is 0.00000147. The summed E-state index contributed by atoms with van der Waals surface area (Å²) in [5.74, 6) is 0. The molecular weight excluding hydrogens is 422 g/mol. The van der Waals surface area contributed by atoms with Crippen LogP contribution in [0.15, 0.2) is 66.7 Å². The number of hydrogen-bond donors (Lipinski definition) is 0. The third kappa shape index (κ3) is 3.04. The number of hydrogen-bond acceptors (Lipinski definition) is 1. The van der Waals surface area contributed by atoms with E-state index < -0.39 is 0 Å². The van der Waals surface area contributed by atoms with E-state index in [1.807, 2.05) is 42.5 Å². The number of aromatic nitrogens is 1. The summed E-state index contributed by atoms with van der Waals surface area (Å²) in [6.45, 7) is 2.05. The summed E-state index contributed by atoms with van der Waals surface area (Å²) >= 11 is 0. The monoisotopic (exact) mass is 437 g/mol. The molecule has 1 heterocycles. The van der Waals surface area contributed by atoms with Gasteiger partial charge in [-0.05, 0) is 18.2 Å². The molecule has 3 rings (SSSR count). The predicted molar refractivity (Wildman–Crippen MR) is 78.7 cm³/mol. The van der Waals surface area contributed by atoms with E-state index in [0.29, 0.717) is 0 Å². The van der Waals surface area contributed by atoms with E-state index in [0.717, 1.165) is 17.0 Å². The molecule has 1 aromatic heterocycles. The van der Waals surface area contributed by atoms with E-state index in [1.54, 1.807) is 0 Å². The van der Waals surface area contributed by atoms with E-state index in [2.05, 4.69) is 42.2 Å². The number of nitrogens with zero attached hydrogens (tertiary/aromatic N) is 1. The topological polar surface area (TPSA) is 12.9 Å². The summed E-state index contributed by atoms with van der Waals surface area (Å²) in [5, 5.41) is 0. The Morgan fingerprint density at radius 1 is 0.850 bits per heavy atom. The molecule has 0 aliphatic rings. The first-order valence-electron chi connectivity index (χ1n) is 6.35. The maximum absolute atomic E-state index is 4.69. The van der Waals surface area contributed by atoms with Crippen molar-refractivity contribution in [1.82, 2.24) is 4.98 Å². The normalized spacial score (nSPS) is 9.85. The van der Waals surface area contributed by atoms with Crippen LogP contribution in [0.4, 0.5) is 0 Å². The molecule has 1 radical (unpaired) electrons. The second-order valence-corrected chi connectivity index (χ2v) is 4.47. The summed E-state index contributed by atoms with van der Waals surface area (Å²) in [7, 11) is 0. The van der Waals surface area contributed by atoms with E-state index in [4.69, 9.17) is 0 Å². The van der Waals surface area contributed by atoms with Crippen molar-refractivity contribution in [2.24, 2.45) is 0 Å². The first-order chi connectivity index (χ1) is 9.34. The molecular formula is C18H14IrN-. The predicted octanol–water partition coefficient (Wildman–Crippen LogP) is 4.52. The molecule has 0 bridgehead atoms. The molecule has 3 aromatic rings. The molecule has 2 heteroatoms. The maximum atomic E-state index is 4.69. The van der Waals surface area contributed by atoms with Gasteiger partial charge < -0.3 is 4.98 Å². The molecule has 0 N–H and O–H groups in total. The van der Waals surface area contributed by atoms with Gasteiger partial charge in [0.25, 0.3) is 0 Å². The van der Waals surface area contributed by atoms with Crippen LogP contribution in [-0.4, -0.2) is 4.98 Å². The van der Waals surface area contributed by atoms with Gasteiger partial charge >= 0.3 is 0 Å². The molecule has 0 saturated heterocycles.